The maximum absolute atomic E-state index is 9.39. The second-order valence-corrected chi connectivity index (χ2v) is 1.89. The number of aliphatic carboxylic acids is 4. The summed E-state index contributed by atoms with van der Waals surface area (Å²) in [7, 11) is 0. The molecule has 0 aromatic rings. The van der Waals surface area contributed by atoms with E-state index in [4.69, 9.17) is 10.2 Å². The van der Waals surface area contributed by atoms with Crippen LogP contribution in [0.15, 0.2) is 0 Å². The van der Waals surface area contributed by atoms with Gasteiger partial charge in [-0.1, -0.05) is 0 Å². The Bertz CT molecular complexity index is 198. The topological polar surface area (TPSA) is 155 Å². The van der Waals surface area contributed by atoms with Gasteiger partial charge < -0.3 is 30.0 Å². The van der Waals surface area contributed by atoms with Crippen molar-refractivity contribution in [3.63, 3.8) is 0 Å². The van der Waals surface area contributed by atoms with Crippen LogP contribution in [0.1, 0.15) is 12.8 Å². The molecule has 0 unspecified atom stereocenters. The van der Waals surface area contributed by atoms with Crippen molar-refractivity contribution in [2.45, 2.75) is 12.8 Å². The second kappa shape index (κ2) is 11.4. The second-order valence-electron chi connectivity index (χ2n) is 1.89. The molecule has 0 saturated heterocycles. The summed E-state index contributed by atoms with van der Waals surface area (Å²) in [6, 6.07) is 0. The van der Waals surface area contributed by atoms with Crippen molar-refractivity contribution in [1.29, 1.82) is 0 Å². The van der Waals surface area contributed by atoms with Crippen molar-refractivity contribution >= 4 is 69.4 Å². The van der Waals surface area contributed by atoms with E-state index in [-0.39, 0.29) is 45.5 Å². The Morgan fingerprint density at radius 3 is 1.00 bits per heavy atom. The first-order chi connectivity index (χ1) is 6.25. The summed E-state index contributed by atoms with van der Waals surface area (Å²) in [5, 5.41) is 34.0. The van der Waals surface area contributed by atoms with Crippen molar-refractivity contribution < 1.29 is 39.6 Å². The van der Waals surface area contributed by atoms with Crippen LogP contribution in [0.3, 0.4) is 0 Å². The molecule has 9 heteroatoms. The average molecular weight is 294 g/mol. The zero-order valence-electron chi connectivity index (χ0n) is 7.47. The number of carboxylic acids is 4. The summed E-state index contributed by atoms with van der Waals surface area (Å²) in [5.41, 5.74) is 0. The Morgan fingerprint density at radius 1 is 0.800 bits per heavy atom. The molecule has 8 nitrogen and oxygen atoms in total. The van der Waals surface area contributed by atoms with Gasteiger partial charge in [-0.05, 0) is 0 Å². The standard InChI is InChI=1S/2C3H4O4.Sr/c2*4-2(5)1-3(6)7;/h2*1H2,(H,4,5)(H,6,7);/q;;+2/p-2. The maximum atomic E-state index is 9.39. The van der Waals surface area contributed by atoms with Gasteiger partial charge in [-0.2, -0.15) is 0 Å². The van der Waals surface area contributed by atoms with Gasteiger partial charge >= 0.3 is 57.4 Å². The predicted molar refractivity (Wildman–Crippen MR) is 40.3 cm³/mol. The zero-order chi connectivity index (χ0) is 11.7. The fourth-order valence-electron chi connectivity index (χ4n) is 0.247. The van der Waals surface area contributed by atoms with Crippen LogP contribution < -0.4 is 10.2 Å². The predicted octanol–water partition coefficient (Wildman–Crippen LogP) is -3.96. The third-order valence-corrected chi connectivity index (χ3v) is 0.591. The van der Waals surface area contributed by atoms with Crippen molar-refractivity contribution in [1.82, 2.24) is 0 Å². The molecule has 80 valence electrons. The maximum Gasteiger partial charge on any atom is 2.00 e. The van der Waals surface area contributed by atoms with Crippen LogP contribution in [0.2, 0.25) is 0 Å². The summed E-state index contributed by atoms with van der Waals surface area (Å²) < 4.78 is 0. The molecule has 0 aromatic carbocycles. The summed E-state index contributed by atoms with van der Waals surface area (Å²) in [5.74, 6) is -5.88. The van der Waals surface area contributed by atoms with Gasteiger partial charge in [0.1, 0.15) is 0 Å². The Kier molecular flexibility index (Phi) is 15.1. The van der Waals surface area contributed by atoms with Crippen molar-refractivity contribution in [2.75, 3.05) is 0 Å². The molecule has 0 saturated carbocycles. The number of carboxylic acid groups (broad SMARTS) is 4. The minimum Gasteiger partial charge on any atom is -0.550 e. The molecule has 0 atom stereocenters. The molecule has 2 N–H and O–H groups in total. The van der Waals surface area contributed by atoms with Crippen LogP contribution >= 0.6 is 0 Å². The first-order valence-electron chi connectivity index (χ1n) is 3.09. The van der Waals surface area contributed by atoms with Gasteiger partial charge in [0.25, 0.3) is 0 Å². The molecule has 0 aliphatic rings. The monoisotopic (exact) mass is 294 g/mol. The van der Waals surface area contributed by atoms with Crippen LogP contribution in [-0.4, -0.2) is 79.6 Å². The normalized spacial score (nSPS) is 7.47. The Morgan fingerprint density at radius 2 is 1.00 bits per heavy atom. The smallest absolute Gasteiger partial charge is 0.550 e. The molecule has 0 aliphatic heterocycles. The molecule has 0 amide bonds. The van der Waals surface area contributed by atoms with E-state index in [0.29, 0.717) is 0 Å². The van der Waals surface area contributed by atoms with Gasteiger partial charge in [0.15, 0.2) is 0 Å². The van der Waals surface area contributed by atoms with Gasteiger partial charge in [-0.3, -0.25) is 9.59 Å². The Balaban J connectivity index is -0.000000180. The summed E-state index contributed by atoms with van der Waals surface area (Å²) in [6.07, 6.45) is -1.83. The minimum atomic E-state index is -1.56. The van der Waals surface area contributed by atoms with E-state index in [0.717, 1.165) is 0 Å². The molecular weight excluding hydrogens is 288 g/mol. The van der Waals surface area contributed by atoms with Crippen LogP contribution in [-0.2, 0) is 19.2 Å². The molecule has 0 radical (unpaired) electrons. The molecule has 0 spiro atoms. The first kappa shape index (κ1) is 19.9. The van der Waals surface area contributed by atoms with Crippen molar-refractivity contribution in [3.8, 4) is 0 Å². The summed E-state index contributed by atoms with van der Waals surface area (Å²) >= 11 is 0. The largest absolute Gasteiger partial charge is 2.00 e. The third kappa shape index (κ3) is 31.8. The molecule has 0 bridgehead atoms. The molecular formula is C6H6O8Sr. The number of hydrogen-bond donors (Lipinski definition) is 2. The van der Waals surface area contributed by atoms with Gasteiger partial charge in [-0.25, -0.2) is 0 Å². The van der Waals surface area contributed by atoms with Crippen LogP contribution in [0.5, 0.6) is 0 Å². The van der Waals surface area contributed by atoms with E-state index in [1.54, 1.807) is 0 Å². The number of rotatable bonds is 4. The van der Waals surface area contributed by atoms with E-state index < -0.39 is 36.7 Å². The number of carbonyl (C=O) groups excluding carboxylic acids is 2. The van der Waals surface area contributed by atoms with Gasteiger partial charge in [-0.15, -0.1) is 0 Å². The first-order valence-corrected chi connectivity index (χ1v) is 3.09. The van der Waals surface area contributed by atoms with E-state index in [9.17, 15) is 29.4 Å². The minimum absolute atomic E-state index is 0. The van der Waals surface area contributed by atoms with Crippen LogP contribution in [0, 0.1) is 0 Å². The van der Waals surface area contributed by atoms with Gasteiger partial charge in [0.2, 0.25) is 0 Å². The fraction of sp³-hybridized carbons (Fsp3) is 0.333. The van der Waals surface area contributed by atoms with Crippen LogP contribution in [0.4, 0.5) is 0 Å². The van der Waals surface area contributed by atoms with Gasteiger partial charge in [0.05, 0.1) is 24.8 Å². The molecule has 0 rings (SSSR count). The fourth-order valence-corrected chi connectivity index (χ4v) is 0.247. The van der Waals surface area contributed by atoms with Crippen molar-refractivity contribution in [3.05, 3.63) is 0 Å². The quantitative estimate of drug-likeness (QED) is 0.393. The van der Waals surface area contributed by atoms with Gasteiger partial charge in [0, 0.05) is 0 Å². The molecule has 0 fully saturated rings. The zero-order valence-corrected chi connectivity index (χ0v) is 10.9. The Hall–Kier alpha value is -0.639. The van der Waals surface area contributed by atoms with E-state index in [1.165, 1.54) is 0 Å². The van der Waals surface area contributed by atoms with E-state index in [2.05, 4.69) is 0 Å². The van der Waals surface area contributed by atoms with Crippen molar-refractivity contribution in [2.24, 2.45) is 0 Å². The summed E-state index contributed by atoms with van der Waals surface area (Å²) in [6.45, 7) is 0. The number of hydrogen-bond acceptors (Lipinski definition) is 6. The number of carbonyl (C=O) groups is 4. The average Bonchev–Trinajstić information content (AvgIpc) is 1.79. The van der Waals surface area contributed by atoms with E-state index >= 15 is 0 Å². The molecule has 0 aromatic heterocycles. The third-order valence-electron chi connectivity index (χ3n) is 0.591. The molecule has 0 aliphatic carbocycles. The van der Waals surface area contributed by atoms with E-state index in [1.807, 2.05) is 0 Å². The summed E-state index contributed by atoms with van der Waals surface area (Å²) in [4.78, 5) is 37.4. The molecule has 15 heavy (non-hydrogen) atoms. The van der Waals surface area contributed by atoms with Crippen LogP contribution in [0.25, 0.3) is 0 Å². The molecule has 0 heterocycles. The SMILES string of the molecule is O=C([O-])CC(=O)O.O=C([O-])CC(=O)O.[Sr+2]. The Labute approximate surface area is 121 Å².